The second kappa shape index (κ2) is 14.6. The van der Waals surface area contributed by atoms with Crippen molar-refractivity contribution in [2.24, 2.45) is 0 Å². The van der Waals surface area contributed by atoms with E-state index in [0.29, 0.717) is 0 Å². The minimum absolute atomic E-state index is 0.222. The van der Waals surface area contributed by atoms with Gasteiger partial charge in [-0.05, 0) is 25.7 Å². The van der Waals surface area contributed by atoms with Crippen LogP contribution in [0.4, 0.5) is 0 Å². The van der Waals surface area contributed by atoms with Crippen molar-refractivity contribution in [2.75, 3.05) is 0 Å². The van der Waals surface area contributed by atoms with E-state index in [1.165, 1.54) is 89.9 Å². The van der Waals surface area contributed by atoms with E-state index >= 15 is 0 Å². The van der Waals surface area contributed by atoms with E-state index in [0.717, 1.165) is 38.5 Å². The van der Waals surface area contributed by atoms with Crippen LogP contribution in [-0.2, 0) is 0 Å². The van der Waals surface area contributed by atoms with Crippen molar-refractivity contribution in [1.82, 2.24) is 0 Å². The van der Waals surface area contributed by atoms with Gasteiger partial charge in [-0.25, -0.2) is 0 Å². The Hall–Kier alpha value is 1.51. The van der Waals surface area contributed by atoms with Crippen molar-refractivity contribution in [3.63, 3.8) is 0 Å². The van der Waals surface area contributed by atoms with E-state index in [9.17, 15) is 0 Å². The maximum Gasteiger partial charge on any atom is 0.130 e. The molecule has 2 atom stereocenters. The number of halogens is 4. The number of hydrogen-bond donors (Lipinski definition) is 0. The van der Waals surface area contributed by atoms with Crippen LogP contribution in [0, 0.1) is 0 Å². The minimum atomic E-state index is -0.669. The Morgan fingerprint density at radius 2 is 0.690 bits per heavy atom. The van der Waals surface area contributed by atoms with Crippen molar-refractivity contribution < 1.29 is 0 Å². The molecule has 0 aromatic heterocycles. The Kier molecular flexibility index (Phi) is 13.5. The zero-order valence-corrected chi connectivity index (χ0v) is 22.1. The smallest absolute Gasteiger partial charge is 0.130 e. The van der Waals surface area contributed by atoms with E-state index in [1.807, 2.05) is 11.8 Å². The van der Waals surface area contributed by atoms with E-state index in [-0.39, 0.29) is 10.5 Å². The molecule has 2 unspecified atom stereocenters. The van der Waals surface area contributed by atoms with Crippen LogP contribution in [-0.4, -0.2) is 19.2 Å². The van der Waals surface area contributed by atoms with Crippen LogP contribution in [0.3, 0.4) is 0 Å². The molecule has 0 heterocycles. The Morgan fingerprint density at radius 1 is 0.414 bits per heavy atom. The summed E-state index contributed by atoms with van der Waals surface area (Å²) in [4.78, 5) is 0. The molecule has 0 N–H and O–H groups in total. The summed E-state index contributed by atoms with van der Waals surface area (Å²) in [7, 11) is 0. The van der Waals surface area contributed by atoms with Crippen LogP contribution in [0.2, 0.25) is 0 Å². The summed E-state index contributed by atoms with van der Waals surface area (Å²) in [6, 6.07) is 0. The largest absolute Gasteiger partial charge is 0.149 e. The van der Waals surface area contributed by atoms with Crippen LogP contribution >= 0.6 is 58.2 Å². The zero-order valence-electron chi connectivity index (χ0n) is 18.2. The van der Waals surface area contributed by atoms with Crippen LogP contribution < -0.4 is 0 Å². The molecule has 2 aliphatic carbocycles. The molecule has 172 valence electrons. The van der Waals surface area contributed by atoms with E-state index in [4.69, 9.17) is 46.4 Å². The van der Waals surface area contributed by atoms with Gasteiger partial charge in [0.15, 0.2) is 0 Å². The second-order valence-corrected chi connectivity index (χ2v) is 13.9. The van der Waals surface area contributed by atoms with Gasteiger partial charge in [0.05, 0.1) is 0 Å². The molecule has 0 aliphatic heterocycles. The summed E-state index contributed by atoms with van der Waals surface area (Å²) >= 11 is 29.9. The predicted molar refractivity (Wildman–Crippen MR) is 136 cm³/mol. The Bertz CT molecular complexity index is 389. The molecule has 0 saturated heterocycles. The highest BCUT2D eigenvalue weighted by Crippen LogP contribution is 2.49. The molecule has 0 aromatic carbocycles. The maximum absolute atomic E-state index is 6.98. The van der Waals surface area contributed by atoms with Gasteiger partial charge in [0.25, 0.3) is 0 Å². The molecule has 2 saturated carbocycles. The molecule has 29 heavy (non-hydrogen) atoms. The summed E-state index contributed by atoms with van der Waals surface area (Å²) in [5, 5.41) is 0.445. The molecule has 2 rings (SSSR count). The molecule has 0 radical (unpaired) electrons. The van der Waals surface area contributed by atoms with E-state index in [1.54, 1.807) is 0 Å². The minimum Gasteiger partial charge on any atom is -0.149 e. The quantitative estimate of drug-likeness (QED) is 0.337. The second-order valence-electron chi connectivity index (χ2n) is 9.37. The van der Waals surface area contributed by atoms with E-state index in [2.05, 4.69) is 0 Å². The van der Waals surface area contributed by atoms with Gasteiger partial charge in [-0.3, -0.25) is 0 Å². The fourth-order valence-electron chi connectivity index (χ4n) is 4.78. The summed E-state index contributed by atoms with van der Waals surface area (Å²) in [5.74, 6) is 0. The first-order valence-electron chi connectivity index (χ1n) is 12.3. The van der Waals surface area contributed by atoms with Gasteiger partial charge in [0.1, 0.15) is 8.67 Å². The third-order valence-electron chi connectivity index (χ3n) is 6.72. The summed E-state index contributed by atoms with van der Waals surface area (Å²) in [6.07, 6.45) is 24.5. The third-order valence-corrected chi connectivity index (χ3v) is 11.0. The van der Waals surface area contributed by atoms with Crippen molar-refractivity contribution in [3.05, 3.63) is 0 Å². The lowest BCUT2D eigenvalue weighted by Gasteiger charge is -2.37. The molecular weight excluding hydrogens is 462 g/mol. The van der Waals surface area contributed by atoms with Gasteiger partial charge in [0.2, 0.25) is 0 Å². The van der Waals surface area contributed by atoms with E-state index < -0.39 is 8.67 Å². The van der Waals surface area contributed by atoms with Gasteiger partial charge in [-0.1, -0.05) is 103 Å². The average molecular weight is 504 g/mol. The fourth-order valence-corrected chi connectivity index (χ4v) is 8.00. The highest BCUT2D eigenvalue weighted by Gasteiger charge is 2.41. The topological polar surface area (TPSA) is 0 Å². The van der Waals surface area contributed by atoms with Crippen molar-refractivity contribution in [1.29, 1.82) is 0 Å². The summed E-state index contributed by atoms with van der Waals surface area (Å²) in [5.41, 5.74) is 0. The van der Waals surface area contributed by atoms with Crippen LogP contribution in [0.25, 0.3) is 0 Å². The molecule has 0 bridgehead atoms. The standard InChI is InChI=1S/C24H42Cl4S/c25-23(26)19-15-11-7-3-1-5-9-13-17-21(23)29-22-18-14-10-6-2-4-8-12-16-20-24(22,27)28/h21-22H,1-20H2. The van der Waals surface area contributed by atoms with Crippen molar-refractivity contribution >= 4 is 58.2 Å². The first-order chi connectivity index (χ1) is 13.9. The first-order valence-corrected chi connectivity index (χ1v) is 14.8. The fraction of sp³-hybridized carbons (Fsp3) is 1.00. The maximum atomic E-state index is 6.98. The highest BCUT2D eigenvalue weighted by atomic mass is 35.5. The monoisotopic (exact) mass is 502 g/mol. The molecule has 2 aliphatic rings. The average Bonchev–Trinajstić information content (AvgIpc) is 2.66. The van der Waals surface area contributed by atoms with Crippen molar-refractivity contribution in [3.8, 4) is 0 Å². The van der Waals surface area contributed by atoms with Crippen LogP contribution in [0.1, 0.15) is 128 Å². The lowest BCUT2D eigenvalue weighted by Crippen LogP contribution is -2.36. The Morgan fingerprint density at radius 3 is 1.03 bits per heavy atom. The molecule has 0 nitrogen and oxygen atoms in total. The van der Waals surface area contributed by atoms with Crippen molar-refractivity contribution in [2.45, 2.75) is 148 Å². The number of thioether (sulfide) groups is 1. The Labute approximate surface area is 204 Å². The van der Waals surface area contributed by atoms with Crippen LogP contribution in [0.15, 0.2) is 0 Å². The number of alkyl halides is 4. The van der Waals surface area contributed by atoms with Gasteiger partial charge in [-0.2, -0.15) is 0 Å². The number of rotatable bonds is 2. The highest BCUT2D eigenvalue weighted by molar-refractivity contribution is 8.00. The molecular formula is C24H42Cl4S. The van der Waals surface area contributed by atoms with Gasteiger partial charge in [-0.15, -0.1) is 58.2 Å². The zero-order chi connectivity index (χ0) is 21.0. The van der Waals surface area contributed by atoms with Gasteiger partial charge < -0.3 is 0 Å². The lowest BCUT2D eigenvalue weighted by atomic mass is 10.00. The van der Waals surface area contributed by atoms with Gasteiger partial charge >= 0.3 is 0 Å². The molecule has 5 heteroatoms. The SMILES string of the molecule is ClC1(Cl)CCCCCCCCCCC1SC1CCCCCCCCCCC1(Cl)Cl. The first kappa shape index (κ1) is 26.8. The summed E-state index contributed by atoms with van der Waals surface area (Å²) < 4.78 is -1.34. The molecule has 0 amide bonds. The molecule has 0 spiro atoms. The van der Waals surface area contributed by atoms with Gasteiger partial charge in [0, 0.05) is 10.5 Å². The van der Waals surface area contributed by atoms with Crippen LogP contribution in [0.5, 0.6) is 0 Å². The Balaban J connectivity index is 2.06. The predicted octanol–water partition coefficient (Wildman–Crippen LogP) is 10.6. The molecule has 0 aromatic rings. The lowest BCUT2D eigenvalue weighted by molar-refractivity contribution is 0.485. The number of hydrogen-bond acceptors (Lipinski definition) is 1. The molecule has 2 fully saturated rings. The third kappa shape index (κ3) is 10.8. The normalized spacial score (nSPS) is 31.4. The summed E-state index contributed by atoms with van der Waals surface area (Å²) in [6.45, 7) is 0.